The van der Waals surface area contributed by atoms with Crippen molar-refractivity contribution in [3.05, 3.63) is 65.2 Å². The molecule has 0 heterocycles. The minimum absolute atomic E-state index is 0. The number of hydrogen-bond acceptors (Lipinski definition) is 2. The van der Waals surface area contributed by atoms with Crippen LogP contribution in [0.25, 0.3) is 0 Å². The monoisotopic (exact) mass is 474 g/mol. The molecule has 0 atom stereocenters. The summed E-state index contributed by atoms with van der Waals surface area (Å²) in [7, 11) is 0. The van der Waals surface area contributed by atoms with Gasteiger partial charge in [-0.15, -0.1) is 0 Å². The lowest BCUT2D eigenvalue weighted by Crippen LogP contribution is -2.25. The van der Waals surface area contributed by atoms with E-state index in [0.717, 1.165) is 48.6 Å². The van der Waals surface area contributed by atoms with Crippen molar-refractivity contribution in [2.24, 2.45) is 17.8 Å². The molecule has 2 aromatic carbocycles. The van der Waals surface area contributed by atoms with E-state index in [0.29, 0.717) is 11.7 Å². The summed E-state index contributed by atoms with van der Waals surface area (Å²) in [6.45, 7) is 4.54. The van der Waals surface area contributed by atoms with E-state index in [1.54, 1.807) is 0 Å². The van der Waals surface area contributed by atoms with E-state index in [4.69, 9.17) is 4.74 Å². The summed E-state index contributed by atoms with van der Waals surface area (Å²) in [6, 6.07) is 16.5. The Morgan fingerprint density at radius 1 is 0.743 bits per heavy atom. The van der Waals surface area contributed by atoms with Crippen molar-refractivity contribution in [1.29, 1.82) is 0 Å². The second-order valence-corrected chi connectivity index (χ2v) is 10.8. The van der Waals surface area contributed by atoms with Gasteiger partial charge in [0.25, 0.3) is 0 Å². The third-order valence-electron chi connectivity index (χ3n) is 8.23. The van der Waals surface area contributed by atoms with Crippen LogP contribution in [0.3, 0.4) is 0 Å². The lowest BCUT2D eigenvalue weighted by atomic mass is 9.77. The van der Waals surface area contributed by atoms with Crippen LogP contribution in [0, 0.1) is 29.6 Å². The Labute approximate surface area is 215 Å². The second kappa shape index (κ2) is 13.0. The van der Waals surface area contributed by atoms with Gasteiger partial charge < -0.3 is 4.74 Å². The first-order valence-electron chi connectivity index (χ1n) is 14.1. The Kier molecular flexibility index (Phi) is 9.47. The molecular formula is C33H46O2. The minimum atomic E-state index is -0.0716. The fraction of sp³-hybridized carbons (Fsp3) is 0.545. The second-order valence-electron chi connectivity index (χ2n) is 10.8. The summed E-state index contributed by atoms with van der Waals surface area (Å²) in [5, 5.41) is 0. The van der Waals surface area contributed by atoms with E-state index < -0.39 is 0 Å². The van der Waals surface area contributed by atoms with Crippen LogP contribution in [-0.4, -0.2) is 5.97 Å². The normalized spacial score (nSPS) is 24.3. The molecule has 2 nitrogen and oxygen atoms in total. The van der Waals surface area contributed by atoms with Gasteiger partial charge in [-0.25, -0.2) is 0 Å². The predicted octanol–water partition coefficient (Wildman–Crippen LogP) is 9.16. The number of ether oxygens (including phenoxy) is 1. The molecule has 0 N–H and O–H groups in total. The molecule has 4 rings (SSSR count). The molecule has 2 fully saturated rings. The van der Waals surface area contributed by atoms with Gasteiger partial charge in [-0.05, 0) is 111 Å². The molecule has 0 bridgehead atoms. The standard InChI is InChI=1S/C33H42O2.2H2/c1-3-5-25-9-17-29(18-10-25)30-19-11-27(12-20-30)7-8-28-15-23-32(24-16-28)35-33(34)31-21-13-26(6-4-2)14-22-31;;/h11-12,15-16,19-20,23-26,29,31H,3-6,9-10,13-14,17-18,21-22H2,1-2H3;2*1H. The van der Waals surface area contributed by atoms with Crippen LogP contribution in [0.2, 0.25) is 0 Å². The smallest absolute Gasteiger partial charge is 0.314 e. The molecule has 2 aliphatic carbocycles. The van der Waals surface area contributed by atoms with Gasteiger partial charge in [-0.3, -0.25) is 4.79 Å². The van der Waals surface area contributed by atoms with Crippen molar-refractivity contribution >= 4 is 5.97 Å². The van der Waals surface area contributed by atoms with Crippen LogP contribution in [-0.2, 0) is 4.79 Å². The van der Waals surface area contributed by atoms with Crippen molar-refractivity contribution in [2.45, 2.75) is 96.8 Å². The Balaban J connectivity index is 0.00000241. The van der Waals surface area contributed by atoms with Gasteiger partial charge in [0.2, 0.25) is 0 Å². The number of hydrogen-bond donors (Lipinski definition) is 0. The average molecular weight is 475 g/mol. The quantitative estimate of drug-likeness (QED) is 0.227. The van der Waals surface area contributed by atoms with Crippen LogP contribution in [0.4, 0.5) is 0 Å². The number of carbonyl (C=O) groups is 1. The highest BCUT2D eigenvalue weighted by molar-refractivity contribution is 5.75. The molecule has 2 heteroatoms. The highest BCUT2D eigenvalue weighted by atomic mass is 16.5. The summed E-state index contributed by atoms with van der Waals surface area (Å²) < 4.78 is 5.67. The van der Waals surface area contributed by atoms with Crippen molar-refractivity contribution in [3.63, 3.8) is 0 Å². The van der Waals surface area contributed by atoms with Crippen LogP contribution >= 0.6 is 0 Å². The fourth-order valence-electron chi connectivity index (χ4n) is 6.08. The first-order valence-corrected chi connectivity index (χ1v) is 14.1. The molecule has 0 unspecified atom stereocenters. The Hall–Kier alpha value is -2.53. The highest BCUT2D eigenvalue weighted by Crippen LogP contribution is 2.37. The molecule has 0 spiro atoms. The van der Waals surface area contributed by atoms with Gasteiger partial charge in [0.1, 0.15) is 5.75 Å². The van der Waals surface area contributed by atoms with E-state index in [9.17, 15) is 4.79 Å². The number of esters is 1. The zero-order valence-electron chi connectivity index (χ0n) is 21.7. The first-order chi connectivity index (χ1) is 17.1. The summed E-state index contributed by atoms with van der Waals surface area (Å²) in [5.74, 6) is 9.59. The number of carbonyl (C=O) groups excluding carboxylic acids is 1. The van der Waals surface area contributed by atoms with Crippen molar-refractivity contribution in [1.82, 2.24) is 0 Å². The van der Waals surface area contributed by atoms with Crippen LogP contribution in [0.5, 0.6) is 5.75 Å². The maximum absolute atomic E-state index is 12.6. The summed E-state index contributed by atoms with van der Waals surface area (Å²) in [5.41, 5.74) is 3.45. The minimum Gasteiger partial charge on any atom is -0.426 e. The maximum atomic E-state index is 12.6. The predicted molar refractivity (Wildman–Crippen MR) is 149 cm³/mol. The van der Waals surface area contributed by atoms with Crippen LogP contribution in [0.15, 0.2) is 48.5 Å². The molecule has 0 aromatic heterocycles. The summed E-state index contributed by atoms with van der Waals surface area (Å²) in [6.07, 6.45) is 14.9. The maximum Gasteiger partial charge on any atom is 0.314 e. The van der Waals surface area contributed by atoms with Gasteiger partial charge in [0.15, 0.2) is 0 Å². The zero-order valence-corrected chi connectivity index (χ0v) is 21.7. The zero-order chi connectivity index (χ0) is 24.5. The SMILES string of the molecule is CCCC1CCC(C(=O)Oc2ccc(C#Cc3ccc(C4CCC(CCC)CC4)cc3)cc2)CC1.[HH].[HH]. The largest absolute Gasteiger partial charge is 0.426 e. The summed E-state index contributed by atoms with van der Waals surface area (Å²) in [4.78, 5) is 12.6. The summed E-state index contributed by atoms with van der Waals surface area (Å²) >= 11 is 0. The lowest BCUT2D eigenvalue weighted by molar-refractivity contribution is -0.140. The fourth-order valence-corrected chi connectivity index (χ4v) is 6.08. The van der Waals surface area contributed by atoms with E-state index in [1.807, 2.05) is 24.3 Å². The molecule has 35 heavy (non-hydrogen) atoms. The molecular weight excluding hydrogens is 428 g/mol. The molecule has 190 valence electrons. The molecule has 0 radical (unpaired) electrons. The van der Waals surface area contributed by atoms with E-state index in [2.05, 4.69) is 50.0 Å². The van der Waals surface area contributed by atoms with Crippen molar-refractivity contribution in [2.75, 3.05) is 0 Å². The van der Waals surface area contributed by atoms with Crippen LogP contribution < -0.4 is 4.74 Å². The molecule has 0 amide bonds. The number of rotatable bonds is 7. The van der Waals surface area contributed by atoms with E-state index in [1.165, 1.54) is 56.9 Å². The molecule has 2 saturated carbocycles. The van der Waals surface area contributed by atoms with Crippen molar-refractivity contribution in [3.8, 4) is 17.6 Å². The third kappa shape index (κ3) is 7.47. The van der Waals surface area contributed by atoms with E-state index in [-0.39, 0.29) is 14.7 Å². The lowest BCUT2D eigenvalue weighted by Gasteiger charge is -2.28. The molecule has 0 saturated heterocycles. The third-order valence-corrected chi connectivity index (χ3v) is 8.23. The van der Waals surface area contributed by atoms with Gasteiger partial charge in [-0.2, -0.15) is 0 Å². The van der Waals surface area contributed by atoms with Gasteiger partial charge in [0.05, 0.1) is 5.92 Å². The van der Waals surface area contributed by atoms with Gasteiger partial charge in [-0.1, -0.05) is 63.5 Å². The molecule has 2 aliphatic rings. The van der Waals surface area contributed by atoms with E-state index >= 15 is 0 Å². The average Bonchev–Trinajstić information content (AvgIpc) is 2.90. The molecule has 2 aromatic rings. The Morgan fingerprint density at radius 3 is 1.74 bits per heavy atom. The van der Waals surface area contributed by atoms with Crippen LogP contribution in [0.1, 0.15) is 116 Å². The first kappa shape index (κ1) is 25.6. The Bertz CT molecular complexity index is 987. The topological polar surface area (TPSA) is 26.3 Å². The Morgan fingerprint density at radius 2 is 1.23 bits per heavy atom. The van der Waals surface area contributed by atoms with Gasteiger partial charge in [0, 0.05) is 14.0 Å². The number of benzene rings is 2. The highest BCUT2D eigenvalue weighted by Gasteiger charge is 2.27. The van der Waals surface area contributed by atoms with Gasteiger partial charge >= 0.3 is 5.97 Å². The van der Waals surface area contributed by atoms with Crippen molar-refractivity contribution < 1.29 is 12.4 Å². The molecule has 0 aliphatic heterocycles.